The maximum atomic E-state index is 13.3. The number of anilines is 2. The first-order valence-electron chi connectivity index (χ1n) is 7.27. The van der Waals surface area contributed by atoms with Crippen LogP contribution in [-0.2, 0) is 0 Å². The number of hydrogen-bond acceptors (Lipinski definition) is 3. The zero-order valence-electron chi connectivity index (χ0n) is 12.6. The molecular formula is C17H18FN3O. The number of likely N-dealkylation sites (tertiary alicyclic amines) is 1. The molecule has 1 saturated heterocycles. The molecule has 0 saturated carbocycles. The molecule has 2 aromatic rings. The lowest BCUT2D eigenvalue weighted by Crippen LogP contribution is -2.58. The summed E-state index contributed by atoms with van der Waals surface area (Å²) >= 11 is 0. The summed E-state index contributed by atoms with van der Waals surface area (Å²) in [4.78, 5) is 18.8. The van der Waals surface area contributed by atoms with E-state index in [-0.39, 0.29) is 17.3 Å². The van der Waals surface area contributed by atoms with Crippen molar-refractivity contribution >= 4 is 17.4 Å². The lowest BCUT2D eigenvalue weighted by molar-refractivity contribution is 0.0158. The predicted octanol–water partition coefficient (Wildman–Crippen LogP) is 3.59. The van der Waals surface area contributed by atoms with E-state index in [1.165, 1.54) is 12.1 Å². The molecule has 1 fully saturated rings. The number of rotatable bonds is 3. The third kappa shape index (κ3) is 2.66. The summed E-state index contributed by atoms with van der Waals surface area (Å²) in [7, 11) is 0. The van der Waals surface area contributed by atoms with Crippen molar-refractivity contribution in [1.29, 1.82) is 0 Å². The van der Waals surface area contributed by atoms with Gasteiger partial charge in [0.25, 0.3) is 5.91 Å². The Balaban J connectivity index is 1.89. The van der Waals surface area contributed by atoms with Crippen LogP contribution in [0.15, 0.2) is 42.6 Å². The van der Waals surface area contributed by atoms with E-state index in [1.807, 2.05) is 18.7 Å². The largest absolute Gasteiger partial charge is 0.339 e. The van der Waals surface area contributed by atoms with E-state index in [9.17, 15) is 9.18 Å². The highest BCUT2D eigenvalue weighted by Gasteiger charge is 2.40. The average molecular weight is 299 g/mol. The van der Waals surface area contributed by atoms with Crippen LogP contribution in [0.25, 0.3) is 0 Å². The molecule has 0 spiro atoms. The van der Waals surface area contributed by atoms with Crippen molar-refractivity contribution in [3.63, 3.8) is 0 Å². The van der Waals surface area contributed by atoms with Crippen LogP contribution in [0.1, 0.15) is 30.6 Å². The molecule has 4 nitrogen and oxygen atoms in total. The highest BCUT2D eigenvalue weighted by molar-refractivity contribution is 6.00. The van der Waals surface area contributed by atoms with Gasteiger partial charge in [-0.3, -0.25) is 4.79 Å². The molecule has 22 heavy (non-hydrogen) atoms. The molecule has 0 aliphatic carbocycles. The first kappa shape index (κ1) is 14.5. The molecule has 3 rings (SSSR count). The molecule has 1 amide bonds. The van der Waals surface area contributed by atoms with E-state index in [2.05, 4.69) is 10.3 Å². The first-order valence-corrected chi connectivity index (χ1v) is 7.27. The van der Waals surface area contributed by atoms with Gasteiger partial charge in [-0.05, 0) is 50.6 Å². The molecule has 1 N–H and O–H groups in total. The third-order valence-corrected chi connectivity index (χ3v) is 4.05. The highest BCUT2D eigenvalue weighted by Crippen LogP contribution is 2.32. The van der Waals surface area contributed by atoms with Crippen molar-refractivity contribution in [2.45, 2.75) is 25.8 Å². The van der Waals surface area contributed by atoms with Gasteiger partial charge in [0.1, 0.15) is 11.6 Å². The molecule has 2 heterocycles. The van der Waals surface area contributed by atoms with Gasteiger partial charge in [-0.15, -0.1) is 0 Å². The second-order valence-electron chi connectivity index (χ2n) is 6.05. The number of pyridine rings is 1. The fourth-order valence-electron chi connectivity index (χ4n) is 2.57. The summed E-state index contributed by atoms with van der Waals surface area (Å²) in [5.74, 6) is 0.0572. The van der Waals surface area contributed by atoms with Gasteiger partial charge in [-0.25, -0.2) is 9.37 Å². The molecule has 0 unspecified atom stereocenters. The smallest absolute Gasteiger partial charge is 0.258 e. The zero-order chi connectivity index (χ0) is 15.7. The predicted molar refractivity (Wildman–Crippen MR) is 83.7 cm³/mol. The Morgan fingerprint density at radius 1 is 1.32 bits per heavy atom. The van der Waals surface area contributed by atoms with Crippen molar-refractivity contribution < 1.29 is 9.18 Å². The molecule has 1 aromatic carbocycles. The van der Waals surface area contributed by atoms with E-state index in [1.54, 1.807) is 30.5 Å². The Labute approximate surface area is 129 Å². The van der Waals surface area contributed by atoms with Gasteiger partial charge >= 0.3 is 0 Å². The van der Waals surface area contributed by atoms with Gasteiger partial charge in [0.15, 0.2) is 0 Å². The van der Waals surface area contributed by atoms with Crippen LogP contribution in [0.5, 0.6) is 0 Å². The van der Waals surface area contributed by atoms with Gasteiger partial charge in [0.05, 0.1) is 5.56 Å². The van der Waals surface area contributed by atoms with Crippen LogP contribution < -0.4 is 5.32 Å². The summed E-state index contributed by atoms with van der Waals surface area (Å²) < 4.78 is 13.3. The summed E-state index contributed by atoms with van der Waals surface area (Å²) in [6.07, 6.45) is 2.60. The number of halogens is 1. The maximum absolute atomic E-state index is 13.3. The number of carbonyl (C=O) groups is 1. The minimum Gasteiger partial charge on any atom is -0.339 e. The van der Waals surface area contributed by atoms with E-state index >= 15 is 0 Å². The molecule has 1 aliphatic heterocycles. The molecule has 1 aromatic heterocycles. The van der Waals surface area contributed by atoms with Gasteiger partial charge in [-0.1, -0.05) is 6.07 Å². The van der Waals surface area contributed by atoms with Crippen LogP contribution in [0, 0.1) is 5.82 Å². The highest BCUT2D eigenvalue weighted by atomic mass is 19.1. The van der Waals surface area contributed by atoms with E-state index in [0.717, 1.165) is 13.0 Å². The topological polar surface area (TPSA) is 45.2 Å². The zero-order valence-corrected chi connectivity index (χ0v) is 12.6. The fourth-order valence-corrected chi connectivity index (χ4v) is 2.57. The summed E-state index contributed by atoms with van der Waals surface area (Å²) in [5, 5.41) is 3.03. The van der Waals surface area contributed by atoms with Crippen LogP contribution in [-0.4, -0.2) is 27.9 Å². The summed E-state index contributed by atoms with van der Waals surface area (Å²) in [5.41, 5.74) is 0.943. The quantitative estimate of drug-likeness (QED) is 0.942. The van der Waals surface area contributed by atoms with E-state index < -0.39 is 0 Å². The van der Waals surface area contributed by atoms with Crippen LogP contribution >= 0.6 is 0 Å². The molecule has 0 atom stereocenters. The van der Waals surface area contributed by atoms with Gasteiger partial charge < -0.3 is 10.2 Å². The van der Waals surface area contributed by atoms with E-state index in [4.69, 9.17) is 0 Å². The Morgan fingerprint density at radius 2 is 2.14 bits per heavy atom. The number of amides is 1. The first-order chi connectivity index (χ1) is 10.5. The molecule has 5 heteroatoms. The monoisotopic (exact) mass is 299 g/mol. The Bertz CT molecular complexity index is 715. The minimum absolute atomic E-state index is 0.0525. The molecule has 114 valence electrons. The number of carbonyl (C=O) groups excluding carboxylic acids is 1. The minimum atomic E-state index is -0.335. The number of aromatic nitrogens is 1. The third-order valence-electron chi connectivity index (χ3n) is 4.05. The van der Waals surface area contributed by atoms with Crippen molar-refractivity contribution in [3.8, 4) is 0 Å². The van der Waals surface area contributed by atoms with Gasteiger partial charge in [-0.2, -0.15) is 0 Å². The standard InChI is InChI=1S/C17H18FN3O/c1-17(2)8-10-21(17)16(22)14-7-4-9-19-15(14)20-13-6-3-5-12(18)11-13/h3-7,9,11H,8,10H2,1-2H3,(H,19,20). The van der Waals surface area contributed by atoms with Crippen molar-refractivity contribution in [2.24, 2.45) is 0 Å². The number of nitrogens with one attached hydrogen (secondary N) is 1. The van der Waals surface area contributed by atoms with E-state index in [0.29, 0.717) is 17.1 Å². The summed E-state index contributed by atoms with van der Waals surface area (Å²) in [6.45, 7) is 4.84. The Hall–Kier alpha value is -2.43. The second kappa shape index (κ2) is 5.40. The average Bonchev–Trinajstić information content (AvgIpc) is 2.47. The van der Waals surface area contributed by atoms with Crippen molar-refractivity contribution in [1.82, 2.24) is 9.88 Å². The van der Waals surface area contributed by atoms with Gasteiger partial charge in [0, 0.05) is 24.0 Å². The normalized spacial score (nSPS) is 16.0. The number of nitrogens with zero attached hydrogens (tertiary/aromatic N) is 2. The number of hydrogen-bond donors (Lipinski definition) is 1. The Kier molecular flexibility index (Phi) is 3.56. The molecule has 0 bridgehead atoms. The maximum Gasteiger partial charge on any atom is 0.258 e. The Morgan fingerprint density at radius 3 is 2.77 bits per heavy atom. The SMILES string of the molecule is CC1(C)CCN1C(=O)c1cccnc1Nc1cccc(F)c1. The fraction of sp³-hybridized carbons (Fsp3) is 0.294. The molecular weight excluding hydrogens is 281 g/mol. The van der Waals surface area contributed by atoms with Crippen LogP contribution in [0.2, 0.25) is 0 Å². The lowest BCUT2D eigenvalue weighted by Gasteiger charge is -2.48. The number of benzene rings is 1. The molecule has 0 radical (unpaired) electrons. The van der Waals surface area contributed by atoms with Crippen molar-refractivity contribution in [3.05, 3.63) is 54.0 Å². The van der Waals surface area contributed by atoms with Gasteiger partial charge in [0.2, 0.25) is 0 Å². The lowest BCUT2D eigenvalue weighted by atomic mass is 9.88. The van der Waals surface area contributed by atoms with Crippen LogP contribution in [0.3, 0.4) is 0 Å². The van der Waals surface area contributed by atoms with Crippen molar-refractivity contribution in [2.75, 3.05) is 11.9 Å². The second-order valence-corrected chi connectivity index (χ2v) is 6.05. The molecule has 1 aliphatic rings. The summed E-state index contributed by atoms with van der Waals surface area (Å²) in [6, 6.07) is 9.57. The van der Waals surface area contributed by atoms with Crippen LogP contribution in [0.4, 0.5) is 15.9 Å².